The van der Waals surface area contributed by atoms with Crippen molar-refractivity contribution in [2.45, 2.75) is 32.6 Å². The van der Waals surface area contributed by atoms with Gasteiger partial charge in [0.25, 0.3) is 0 Å². The Hall–Kier alpha value is 0.250. The lowest BCUT2D eigenvalue weighted by molar-refractivity contribution is 0.466. The van der Waals surface area contributed by atoms with Gasteiger partial charge in [-0.1, -0.05) is 19.8 Å². The number of nitrogens with one attached hydrogen (secondary N) is 1. The third kappa shape index (κ3) is 3.43. The number of hydrogen-bond donors (Lipinski definition) is 1. The van der Waals surface area contributed by atoms with Gasteiger partial charge in [-0.05, 0) is 31.8 Å². The van der Waals surface area contributed by atoms with E-state index in [9.17, 15) is 0 Å². The predicted octanol–water partition coefficient (Wildman–Crippen LogP) is 2.21. The predicted molar refractivity (Wildman–Crippen MR) is 47.7 cm³/mol. The van der Waals surface area contributed by atoms with E-state index < -0.39 is 0 Å². The largest absolute Gasteiger partial charge is 0.316 e. The molecular formula is C8H18ClN. The standard InChI is InChI=1S/C8H17N.ClH/c1-2-8-5-3-4-6-9-7-8;/h8-9H,2-7H2,1H3;1H. The van der Waals surface area contributed by atoms with Crippen LogP contribution in [0.3, 0.4) is 0 Å². The number of rotatable bonds is 1. The summed E-state index contributed by atoms with van der Waals surface area (Å²) in [6.07, 6.45) is 5.62. The lowest BCUT2D eigenvalue weighted by Crippen LogP contribution is -2.19. The van der Waals surface area contributed by atoms with E-state index in [-0.39, 0.29) is 12.4 Å². The molecule has 0 aliphatic carbocycles. The summed E-state index contributed by atoms with van der Waals surface area (Å²) in [6, 6.07) is 0. The molecule has 1 aliphatic rings. The number of hydrogen-bond acceptors (Lipinski definition) is 1. The molecule has 1 saturated heterocycles. The minimum Gasteiger partial charge on any atom is -0.316 e. The highest BCUT2D eigenvalue weighted by molar-refractivity contribution is 5.85. The van der Waals surface area contributed by atoms with Crippen LogP contribution in [0.5, 0.6) is 0 Å². The molecule has 10 heavy (non-hydrogen) atoms. The highest BCUT2D eigenvalue weighted by atomic mass is 35.5. The second-order valence-corrected chi connectivity index (χ2v) is 2.97. The molecule has 1 nitrogen and oxygen atoms in total. The van der Waals surface area contributed by atoms with Gasteiger partial charge in [0.05, 0.1) is 0 Å². The Morgan fingerprint density at radius 1 is 1.40 bits per heavy atom. The van der Waals surface area contributed by atoms with Gasteiger partial charge in [-0.3, -0.25) is 0 Å². The van der Waals surface area contributed by atoms with E-state index in [4.69, 9.17) is 0 Å². The fourth-order valence-electron chi connectivity index (χ4n) is 1.44. The second kappa shape index (κ2) is 5.99. The smallest absolute Gasteiger partial charge is 0.00206 e. The molecule has 0 aromatic heterocycles. The average molecular weight is 164 g/mol. The zero-order valence-electron chi connectivity index (χ0n) is 6.73. The fraction of sp³-hybridized carbons (Fsp3) is 1.00. The van der Waals surface area contributed by atoms with Crippen LogP contribution in [0.15, 0.2) is 0 Å². The molecule has 62 valence electrons. The maximum absolute atomic E-state index is 3.45. The summed E-state index contributed by atoms with van der Waals surface area (Å²) in [5.74, 6) is 0.965. The second-order valence-electron chi connectivity index (χ2n) is 2.97. The van der Waals surface area contributed by atoms with Gasteiger partial charge in [-0.2, -0.15) is 0 Å². The maximum Gasteiger partial charge on any atom is -0.00206 e. The molecule has 1 unspecified atom stereocenters. The van der Waals surface area contributed by atoms with Crippen molar-refractivity contribution in [2.24, 2.45) is 5.92 Å². The first-order valence-corrected chi connectivity index (χ1v) is 4.14. The molecule has 1 N–H and O–H groups in total. The zero-order valence-corrected chi connectivity index (χ0v) is 7.54. The summed E-state index contributed by atoms with van der Waals surface area (Å²) in [5, 5.41) is 3.45. The molecule has 1 heterocycles. The first kappa shape index (κ1) is 10.2. The van der Waals surface area contributed by atoms with E-state index in [1.54, 1.807) is 0 Å². The van der Waals surface area contributed by atoms with Crippen molar-refractivity contribution in [3.05, 3.63) is 0 Å². The first-order chi connectivity index (χ1) is 4.43. The normalized spacial score (nSPS) is 26.7. The summed E-state index contributed by atoms with van der Waals surface area (Å²) in [6.45, 7) is 4.80. The summed E-state index contributed by atoms with van der Waals surface area (Å²) >= 11 is 0. The van der Waals surface area contributed by atoms with Gasteiger partial charge in [0.2, 0.25) is 0 Å². The van der Waals surface area contributed by atoms with E-state index in [2.05, 4.69) is 12.2 Å². The van der Waals surface area contributed by atoms with E-state index >= 15 is 0 Å². The van der Waals surface area contributed by atoms with Crippen molar-refractivity contribution in [3.8, 4) is 0 Å². The Balaban J connectivity index is 0.000000810. The molecule has 1 fully saturated rings. The van der Waals surface area contributed by atoms with Crippen LogP contribution in [0.2, 0.25) is 0 Å². The van der Waals surface area contributed by atoms with Crippen LogP contribution in [-0.4, -0.2) is 13.1 Å². The van der Waals surface area contributed by atoms with E-state index in [0.29, 0.717) is 0 Å². The molecule has 2 heteroatoms. The Kier molecular flexibility index (Phi) is 6.14. The zero-order chi connectivity index (χ0) is 6.53. The third-order valence-electron chi connectivity index (χ3n) is 2.23. The molecule has 1 rings (SSSR count). The molecule has 1 aliphatic heterocycles. The lowest BCUT2D eigenvalue weighted by atomic mass is 10.0. The molecule has 0 amide bonds. The van der Waals surface area contributed by atoms with Crippen LogP contribution >= 0.6 is 12.4 Å². The maximum atomic E-state index is 3.45. The van der Waals surface area contributed by atoms with Gasteiger partial charge >= 0.3 is 0 Å². The van der Waals surface area contributed by atoms with Crippen molar-refractivity contribution in [2.75, 3.05) is 13.1 Å². The van der Waals surface area contributed by atoms with Crippen molar-refractivity contribution >= 4 is 12.4 Å². The summed E-state index contributed by atoms with van der Waals surface area (Å²) in [7, 11) is 0. The van der Waals surface area contributed by atoms with Crippen LogP contribution in [0.4, 0.5) is 0 Å². The minimum atomic E-state index is 0. The van der Waals surface area contributed by atoms with Crippen molar-refractivity contribution in [1.82, 2.24) is 5.32 Å². The lowest BCUT2D eigenvalue weighted by Gasteiger charge is -2.09. The Morgan fingerprint density at radius 2 is 2.20 bits per heavy atom. The number of halogens is 1. The van der Waals surface area contributed by atoms with Gasteiger partial charge in [-0.25, -0.2) is 0 Å². The van der Waals surface area contributed by atoms with Crippen molar-refractivity contribution < 1.29 is 0 Å². The summed E-state index contributed by atoms with van der Waals surface area (Å²) in [5.41, 5.74) is 0. The molecule has 0 aromatic rings. The summed E-state index contributed by atoms with van der Waals surface area (Å²) < 4.78 is 0. The first-order valence-electron chi connectivity index (χ1n) is 4.14. The van der Waals surface area contributed by atoms with Gasteiger partial charge in [0, 0.05) is 0 Å². The van der Waals surface area contributed by atoms with Gasteiger partial charge < -0.3 is 5.32 Å². The van der Waals surface area contributed by atoms with Crippen LogP contribution in [0.25, 0.3) is 0 Å². The molecule has 1 atom stereocenters. The van der Waals surface area contributed by atoms with Gasteiger partial charge in [0.15, 0.2) is 0 Å². The molecule has 0 radical (unpaired) electrons. The summed E-state index contributed by atoms with van der Waals surface area (Å²) in [4.78, 5) is 0. The van der Waals surface area contributed by atoms with Crippen molar-refractivity contribution in [1.29, 1.82) is 0 Å². The molecule has 0 saturated carbocycles. The van der Waals surface area contributed by atoms with E-state index in [1.807, 2.05) is 0 Å². The third-order valence-corrected chi connectivity index (χ3v) is 2.23. The quantitative estimate of drug-likeness (QED) is 0.625. The van der Waals surface area contributed by atoms with Crippen LogP contribution in [0.1, 0.15) is 32.6 Å². The van der Waals surface area contributed by atoms with Crippen LogP contribution in [-0.2, 0) is 0 Å². The average Bonchev–Trinajstić information content (AvgIpc) is 2.13. The highest BCUT2D eigenvalue weighted by Gasteiger charge is 2.07. The monoisotopic (exact) mass is 163 g/mol. The SMILES string of the molecule is CCC1CCCCNC1.Cl. The Bertz CT molecular complexity index is 67.7. The molecular weight excluding hydrogens is 146 g/mol. The Morgan fingerprint density at radius 3 is 2.90 bits per heavy atom. The van der Waals surface area contributed by atoms with E-state index in [0.717, 1.165) is 5.92 Å². The van der Waals surface area contributed by atoms with Crippen LogP contribution in [0, 0.1) is 5.92 Å². The minimum absolute atomic E-state index is 0. The molecule has 0 bridgehead atoms. The topological polar surface area (TPSA) is 12.0 Å². The van der Waals surface area contributed by atoms with Crippen LogP contribution < -0.4 is 5.32 Å². The fourth-order valence-corrected chi connectivity index (χ4v) is 1.44. The molecule has 0 spiro atoms. The van der Waals surface area contributed by atoms with E-state index in [1.165, 1.54) is 38.8 Å². The van der Waals surface area contributed by atoms with Crippen molar-refractivity contribution in [3.63, 3.8) is 0 Å². The van der Waals surface area contributed by atoms with Gasteiger partial charge in [0.1, 0.15) is 0 Å². The Labute approximate surface area is 70.0 Å². The highest BCUT2D eigenvalue weighted by Crippen LogP contribution is 2.13. The van der Waals surface area contributed by atoms with Gasteiger partial charge in [-0.15, -0.1) is 12.4 Å². The molecule has 0 aromatic carbocycles.